The molecule has 2 fully saturated rings. The van der Waals surface area contributed by atoms with Crippen molar-refractivity contribution in [3.8, 4) is 5.75 Å². The molecule has 1 N–H and O–H groups in total. The number of benzene rings is 1. The zero-order valence-electron chi connectivity index (χ0n) is 12.5. The third-order valence-corrected chi connectivity index (χ3v) is 4.76. The molecule has 1 saturated carbocycles. The Labute approximate surface area is 125 Å². The quantitative estimate of drug-likeness (QED) is 0.905. The van der Waals surface area contributed by atoms with Crippen LogP contribution in [0.2, 0.25) is 0 Å². The van der Waals surface area contributed by atoms with Gasteiger partial charge in [-0.2, -0.15) is 0 Å². The van der Waals surface area contributed by atoms with Crippen molar-refractivity contribution in [3.05, 3.63) is 29.8 Å². The van der Waals surface area contributed by atoms with E-state index in [0.29, 0.717) is 0 Å². The van der Waals surface area contributed by atoms with Crippen LogP contribution in [0.1, 0.15) is 37.7 Å². The van der Waals surface area contributed by atoms with Crippen LogP contribution in [0.25, 0.3) is 0 Å². The van der Waals surface area contributed by atoms with E-state index >= 15 is 0 Å². The monoisotopic (exact) mass is 289 g/mol. The average molecular weight is 289 g/mol. The lowest BCUT2D eigenvalue weighted by atomic mass is 9.92. The Morgan fingerprint density at radius 3 is 2.71 bits per heavy atom. The van der Waals surface area contributed by atoms with E-state index < -0.39 is 5.97 Å². The molecular weight excluding hydrogens is 266 g/mol. The highest BCUT2D eigenvalue weighted by Crippen LogP contribution is 2.51. The normalized spacial score (nSPS) is 22.0. The molecule has 0 amide bonds. The molecule has 4 nitrogen and oxygen atoms in total. The minimum atomic E-state index is -0.714. The predicted octanol–water partition coefficient (Wildman–Crippen LogP) is 2.67. The number of nitrogens with zero attached hydrogens (tertiary/aromatic N) is 1. The summed E-state index contributed by atoms with van der Waals surface area (Å²) in [6.07, 6.45) is 4.56. The second-order valence-electron chi connectivity index (χ2n) is 6.50. The number of carboxylic acids is 1. The van der Waals surface area contributed by atoms with Gasteiger partial charge in [0.25, 0.3) is 0 Å². The molecular formula is C17H23NO3. The Hall–Kier alpha value is -1.55. The summed E-state index contributed by atoms with van der Waals surface area (Å²) in [4.78, 5) is 13.3. The SMILES string of the molecule is CN1CCC(Oc2cccc(C3(CC(=O)O)CC3)c2)CC1. The minimum absolute atomic E-state index is 0.141. The van der Waals surface area contributed by atoms with Gasteiger partial charge in [-0.25, -0.2) is 0 Å². The molecule has 114 valence electrons. The first-order valence-corrected chi connectivity index (χ1v) is 7.75. The van der Waals surface area contributed by atoms with Crippen molar-refractivity contribution in [2.24, 2.45) is 0 Å². The predicted molar refractivity (Wildman–Crippen MR) is 80.8 cm³/mol. The van der Waals surface area contributed by atoms with Crippen LogP contribution in [0.15, 0.2) is 24.3 Å². The molecule has 1 aliphatic heterocycles. The van der Waals surface area contributed by atoms with Crippen molar-refractivity contribution in [1.29, 1.82) is 0 Å². The van der Waals surface area contributed by atoms with Crippen LogP contribution in [0.5, 0.6) is 5.75 Å². The highest BCUT2D eigenvalue weighted by molar-refractivity contribution is 5.70. The van der Waals surface area contributed by atoms with Crippen LogP contribution in [0.4, 0.5) is 0 Å². The van der Waals surface area contributed by atoms with Crippen molar-refractivity contribution in [1.82, 2.24) is 4.90 Å². The number of carbonyl (C=O) groups is 1. The largest absolute Gasteiger partial charge is 0.490 e. The van der Waals surface area contributed by atoms with Gasteiger partial charge < -0.3 is 14.7 Å². The summed E-state index contributed by atoms with van der Waals surface area (Å²) >= 11 is 0. The number of likely N-dealkylation sites (tertiary alicyclic amines) is 1. The standard InChI is InChI=1S/C17H23NO3/c1-18-9-5-14(6-10-18)21-15-4-2-3-13(11-15)17(7-8-17)12-16(19)20/h2-4,11,14H,5-10,12H2,1H3,(H,19,20). The highest BCUT2D eigenvalue weighted by Gasteiger charge is 2.46. The second kappa shape index (κ2) is 5.68. The molecule has 0 bridgehead atoms. The Morgan fingerprint density at radius 1 is 1.38 bits per heavy atom. The van der Waals surface area contributed by atoms with Gasteiger partial charge >= 0.3 is 5.97 Å². The summed E-state index contributed by atoms with van der Waals surface area (Å²) in [5.74, 6) is 0.174. The van der Waals surface area contributed by atoms with Crippen molar-refractivity contribution < 1.29 is 14.6 Å². The van der Waals surface area contributed by atoms with Gasteiger partial charge in [0.1, 0.15) is 11.9 Å². The number of hydrogen-bond acceptors (Lipinski definition) is 3. The molecule has 3 rings (SSSR count). The molecule has 0 aromatic heterocycles. The summed E-state index contributed by atoms with van der Waals surface area (Å²) in [6.45, 7) is 2.15. The van der Waals surface area contributed by atoms with Gasteiger partial charge in [0.05, 0.1) is 6.42 Å². The lowest BCUT2D eigenvalue weighted by Gasteiger charge is -2.29. The second-order valence-corrected chi connectivity index (χ2v) is 6.50. The van der Waals surface area contributed by atoms with Crippen LogP contribution in [-0.4, -0.2) is 42.2 Å². The number of hydrogen-bond donors (Lipinski definition) is 1. The van der Waals surface area contributed by atoms with Gasteiger partial charge in [0.2, 0.25) is 0 Å². The van der Waals surface area contributed by atoms with E-state index in [4.69, 9.17) is 9.84 Å². The molecule has 1 aromatic carbocycles. The van der Waals surface area contributed by atoms with Gasteiger partial charge in [0, 0.05) is 18.5 Å². The molecule has 2 aliphatic rings. The molecule has 1 heterocycles. The van der Waals surface area contributed by atoms with E-state index in [1.54, 1.807) is 0 Å². The zero-order chi connectivity index (χ0) is 14.9. The first-order chi connectivity index (χ1) is 10.1. The summed E-state index contributed by atoms with van der Waals surface area (Å²) < 4.78 is 6.10. The summed E-state index contributed by atoms with van der Waals surface area (Å²) in [5, 5.41) is 9.07. The number of ether oxygens (including phenoxy) is 1. The van der Waals surface area contributed by atoms with Gasteiger partial charge in [0.15, 0.2) is 0 Å². The molecule has 0 atom stereocenters. The van der Waals surface area contributed by atoms with Gasteiger partial charge in [-0.05, 0) is 50.4 Å². The molecule has 1 saturated heterocycles. The third kappa shape index (κ3) is 3.38. The fourth-order valence-corrected chi connectivity index (χ4v) is 3.20. The minimum Gasteiger partial charge on any atom is -0.490 e. The van der Waals surface area contributed by atoms with E-state index in [-0.39, 0.29) is 17.9 Å². The summed E-state index contributed by atoms with van der Waals surface area (Å²) in [5.41, 5.74) is 0.980. The summed E-state index contributed by atoms with van der Waals surface area (Å²) in [7, 11) is 2.14. The third-order valence-electron chi connectivity index (χ3n) is 4.76. The number of carboxylic acid groups (broad SMARTS) is 1. The Morgan fingerprint density at radius 2 is 2.10 bits per heavy atom. The highest BCUT2D eigenvalue weighted by atomic mass is 16.5. The van der Waals surface area contributed by atoms with Crippen LogP contribution in [0.3, 0.4) is 0 Å². The number of rotatable bonds is 5. The van der Waals surface area contributed by atoms with Crippen molar-refractivity contribution >= 4 is 5.97 Å². The van der Waals surface area contributed by atoms with Crippen LogP contribution < -0.4 is 4.74 Å². The fourth-order valence-electron chi connectivity index (χ4n) is 3.20. The molecule has 1 aromatic rings. The first-order valence-electron chi connectivity index (χ1n) is 7.75. The van der Waals surface area contributed by atoms with Crippen LogP contribution in [-0.2, 0) is 10.2 Å². The molecule has 0 spiro atoms. The van der Waals surface area contributed by atoms with Gasteiger partial charge in [-0.15, -0.1) is 0 Å². The average Bonchev–Trinajstić information content (AvgIpc) is 3.22. The zero-order valence-corrected chi connectivity index (χ0v) is 12.5. The number of piperidine rings is 1. The van der Waals surface area contributed by atoms with E-state index in [1.807, 2.05) is 24.3 Å². The molecule has 0 radical (unpaired) electrons. The van der Waals surface area contributed by atoms with Crippen molar-refractivity contribution in [3.63, 3.8) is 0 Å². The van der Waals surface area contributed by atoms with E-state index in [2.05, 4.69) is 11.9 Å². The Balaban J connectivity index is 1.68. The van der Waals surface area contributed by atoms with Crippen LogP contribution >= 0.6 is 0 Å². The maximum Gasteiger partial charge on any atom is 0.304 e. The molecule has 1 aliphatic carbocycles. The molecule has 4 heteroatoms. The van der Waals surface area contributed by atoms with E-state index in [9.17, 15) is 4.79 Å². The number of aliphatic carboxylic acids is 1. The topological polar surface area (TPSA) is 49.8 Å². The maximum absolute atomic E-state index is 11.0. The lowest BCUT2D eigenvalue weighted by Crippen LogP contribution is -2.35. The van der Waals surface area contributed by atoms with Gasteiger partial charge in [-0.3, -0.25) is 4.79 Å². The summed E-state index contributed by atoms with van der Waals surface area (Å²) in [6, 6.07) is 8.06. The van der Waals surface area contributed by atoms with Crippen molar-refractivity contribution in [2.75, 3.05) is 20.1 Å². The Bertz CT molecular complexity index is 517. The Kier molecular flexibility index (Phi) is 3.89. The lowest BCUT2D eigenvalue weighted by molar-refractivity contribution is -0.137. The van der Waals surface area contributed by atoms with Crippen LogP contribution in [0, 0.1) is 0 Å². The first kappa shape index (κ1) is 14.4. The molecule has 21 heavy (non-hydrogen) atoms. The van der Waals surface area contributed by atoms with E-state index in [0.717, 1.165) is 50.1 Å². The van der Waals surface area contributed by atoms with Gasteiger partial charge in [-0.1, -0.05) is 12.1 Å². The fraction of sp³-hybridized carbons (Fsp3) is 0.588. The van der Waals surface area contributed by atoms with E-state index in [1.165, 1.54) is 0 Å². The maximum atomic E-state index is 11.0. The molecule has 0 unspecified atom stereocenters. The smallest absolute Gasteiger partial charge is 0.304 e. The van der Waals surface area contributed by atoms with Crippen molar-refractivity contribution in [2.45, 2.75) is 43.6 Å².